The standard InChI is InChI=1S/C38H51N2P/c1-25-10-26(2)36(27(3)11-25)40-9-8-39(24-40)34-6-4-5-7-35(34)41(37-18-28-12-29(19-37)14-30(13-28)20-37)38-21-31-15-32(22-38)17-33(16-31)23-38/h4-7,10-11,28-33H,8-9,12-24H2,1-3H3. The SMILES string of the molecule is Cc1cc(C)c(N2CCN(c3ccccc3P(C34CC5CC(CC(C5)C3)C4)C34CC5CC(CC(C5)C3)C4)C2)c(C)c1. The average molecular weight is 567 g/mol. The highest BCUT2D eigenvalue weighted by Gasteiger charge is 2.63. The molecule has 9 fully saturated rings. The van der Waals surface area contributed by atoms with E-state index in [9.17, 15) is 0 Å². The first-order valence-corrected chi connectivity index (χ1v) is 18.7. The molecule has 1 aliphatic heterocycles. The summed E-state index contributed by atoms with van der Waals surface area (Å²) >= 11 is 0. The Morgan fingerprint density at radius 3 is 1.54 bits per heavy atom. The van der Waals surface area contributed by atoms with Crippen LogP contribution in [0.25, 0.3) is 0 Å². The molecule has 11 rings (SSSR count). The molecule has 218 valence electrons. The van der Waals surface area contributed by atoms with Crippen LogP contribution in [0.5, 0.6) is 0 Å². The Hall–Kier alpha value is -1.53. The van der Waals surface area contributed by atoms with Crippen LogP contribution in [0.4, 0.5) is 11.4 Å². The first-order chi connectivity index (χ1) is 19.9. The molecule has 0 amide bonds. The van der Waals surface area contributed by atoms with Gasteiger partial charge in [0.05, 0.1) is 6.67 Å². The summed E-state index contributed by atoms with van der Waals surface area (Å²) in [4.78, 5) is 5.50. The summed E-state index contributed by atoms with van der Waals surface area (Å²) in [5.74, 6) is 6.26. The molecule has 1 saturated heterocycles. The third kappa shape index (κ3) is 4.05. The number of benzene rings is 2. The molecule has 2 aromatic rings. The smallest absolute Gasteiger partial charge is 0.0904 e. The molecule has 2 aromatic carbocycles. The molecule has 9 aliphatic rings. The molecular weight excluding hydrogens is 515 g/mol. The quantitative estimate of drug-likeness (QED) is 0.333. The molecule has 8 aliphatic carbocycles. The van der Waals surface area contributed by atoms with Crippen LogP contribution in [0, 0.1) is 56.3 Å². The number of aryl methyl sites for hydroxylation is 3. The molecule has 3 heteroatoms. The zero-order valence-corrected chi connectivity index (χ0v) is 26.8. The summed E-state index contributed by atoms with van der Waals surface area (Å²) in [6.45, 7) is 10.2. The van der Waals surface area contributed by atoms with Crippen LogP contribution in [0.3, 0.4) is 0 Å². The van der Waals surface area contributed by atoms with Crippen LogP contribution in [0.2, 0.25) is 0 Å². The van der Waals surface area contributed by atoms with Crippen molar-refractivity contribution in [2.75, 3.05) is 29.6 Å². The lowest BCUT2D eigenvalue weighted by molar-refractivity contribution is 0.0195. The van der Waals surface area contributed by atoms with Crippen molar-refractivity contribution in [3.05, 3.63) is 53.1 Å². The molecule has 0 unspecified atom stereocenters. The highest BCUT2D eigenvalue weighted by Crippen LogP contribution is 2.78. The number of hydrogen-bond donors (Lipinski definition) is 0. The van der Waals surface area contributed by atoms with Crippen molar-refractivity contribution < 1.29 is 0 Å². The van der Waals surface area contributed by atoms with Gasteiger partial charge < -0.3 is 9.80 Å². The highest BCUT2D eigenvalue weighted by molar-refractivity contribution is 7.69. The molecule has 1 heterocycles. The molecule has 0 atom stereocenters. The highest BCUT2D eigenvalue weighted by atomic mass is 31.1. The van der Waals surface area contributed by atoms with Gasteiger partial charge in [-0.1, -0.05) is 43.8 Å². The Morgan fingerprint density at radius 1 is 0.610 bits per heavy atom. The Bertz CT molecular complexity index is 1220. The van der Waals surface area contributed by atoms with Crippen molar-refractivity contribution in [2.45, 2.75) is 108 Å². The zero-order chi connectivity index (χ0) is 27.5. The van der Waals surface area contributed by atoms with Gasteiger partial charge in [0, 0.05) is 29.8 Å². The van der Waals surface area contributed by atoms with Crippen LogP contribution in [-0.4, -0.2) is 30.1 Å². The summed E-state index contributed by atoms with van der Waals surface area (Å²) in [6.07, 6.45) is 18.9. The third-order valence-electron chi connectivity index (χ3n) is 13.4. The Labute approximate surface area is 250 Å². The lowest BCUT2D eigenvalue weighted by atomic mass is 9.55. The van der Waals surface area contributed by atoms with E-state index in [1.807, 2.05) is 5.30 Å². The maximum Gasteiger partial charge on any atom is 0.0904 e. The Morgan fingerprint density at radius 2 is 1.05 bits per heavy atom. The van der Waals surface area contributed by atoms with Gasteiger partial charge in [0.2, 0.25) is 0 Å². The fourth-order valence-corrected chi connectivity index (χ4v) is 18.6. The minimum Gasteiger partial charge on any atom is -0.352 e. The Balaban J connectivity index is 1.13. The van der Waals surface area contributed by atoms with Crippen molar-refractivity contribution >= 4 is 24.6 Å². The van der Waals surface area contributed by atoms with Gasteiger partial charge in [0.25, 0.3) is 0 Å². The molecule has 0 aromatic heterocycles. The normalized spacial score (nSPS) is 41.0. The maximum absolute atomic E-state index is 2.81. The first-order valence-electron chi connectivity index (χ1n) is 17.3. The first kappa shape index (κ1) is 25.9. The number of rotatable bonds is 5. The predicted octanol–water partition coefficient (Wildman–Crippen LogP) is 8.94. The zero-order valence-electron chi connectivity index (χ0n) is 25.9. The van der Waals surface area contributed by atoms with Crippen LogP contribution < -0.4 is 15.1 Å². The fourth-order valence-electron chi connectivity index (χ4n) is 13.3. The van der Waals surface area contributed by atoms with Crippen molar-refractivity contribution in [1.82, 2.24) is 0 Å². The van der Waals surface area contributed by atoms with Gasteiger partial charge in [-0.15, -0.1) is 0 Å². The van der Waals surface area contributed by atoms with Gasteiger partial charge in [-0.05, 0) is 161 Å². The second-order valence-electron chi connectivity index (χ2n) is 16.5. The number of para-hydroxylation sites is 1. The molecule has 8 bridgehead atoms. The third-order valence-corrected chi connectivity index (χ3v) is 17.2. The van der Waals surface area contributed by atoms with E-state index in [2.05, 4.69) is 67.0 Å². The van der Waals surface area contributed by atoms with Gasteiger partial charge in [-0.3, -0.25) is 0 Å². The minimum atomic E-state index is -0.186. The second-order valence-corrected chi connectivity index (χ2v) is 19.6. The maximum atomic E-state index is 2.81. The van der Waals surface area contributed by atoms with E-state index in [-0.39, 0.29) is 7.92 Å². The van der Waals surface area contributed by atoms with E-state index < -0.39 is 0 Å². The van der Waals surface area contributed by atoms with Crippen molar-refractivity contribution in [3.8, 4) is 0 Å². The van der Waals surface area contributed by atoms with E-state index in [4.69, 9.17) is 0 Å². The topological polar surface area (TPSA) is 6.48 Å². The number of anilines is 2. The van der Waals surface area contributed by atoms with Crippen molar-refractivity contribution in [3.63, 3.8) is 0 Å². The van der Waals surface area contributed by atoms with Crippen LogP contribution in [-0.2, 0) is 0 Å². The van der Waals surface area contributed by atoms with Crippen LogP contribution >= 0.6 is 7.92 Å². The van der Waals surface area contributed by atoms with Gasteiger partial charge >= 0.3 is 0 Å². The van der Waals surface area contributed by atoms with E-state index in [0.717, 1.165) is 55.3 Å². The van der Waals surface area contributed by atoms with E-state index in [1.54, 1.807) is 82.7 Å². The molecule has 41 heavy (non-hydrogen) atoms. The number of nitrogens with zero attached hydrogens (tertiary/aromatic N) is 2. The van der Waals surface area contributed by atoms with Gasteiger partial charge in [0.1, 0.15) is 0 Å². The minimum absolute atomic E-state index is 0.186. The molecule has 8 saturated carbocycles. The molecule has 0 spiro atoms. The summed E-state index contributed by atoms with van der Waals surface area (Å²) in [5, 5.41) is 3.12. The van der Waals surface area contributed by atoms with Gasteiger partial charge in [-0.25, -0.2) is 0 Å². The Kier molecular flexibility index (Phi) is 5.84. The molecule has 2 nitrogen and oxygen atoms in total. The van der Waals surface area contributed by atoms with Gasteiger partial charge in [-0.2, -0.15) is 0 Å². The fraction of sp³-hybridized carbons (Fsp3) is 0.684. The van der Waals surface area contributed by atoms with Crippen molar-refractivity contribution in [1.29, 1.82) is 0 Å². The lowest BCUT2D eigenvalue weighted by Gasteiger charge is -2.67. The monoisotopic (exact) mass is 566 g/mol. The second kappa shape index (κ2) is 9.24. The largest absolute Gasteiger partial charge is 0.352 e. The lowest BCUT2D eigenvalue weighted by Crippen LogP contribution is -2.58. The summed E-state index contributed by atoms with van der Waals surface area (Å²) in [5.41, 5.74) is 7.40. The molecule has 0 N–H and O–H groups in total. The summed E-state index contributed by atoms with van der Waals surface area (Å²) in [7, 11) is -0.186. The van der Waals surface area contributed by atoms with Crippen LogP contribution in [0.1, 0.15) is 93.7 Å². The average Bonchev–Trinajstić information content (AvgIpc) is 3.36. The number of hydrogen-bond acceptors (Lipinski definition) is 2. The van der Waals surface area contributed by atoms with Crippen LogP contribution in [0.15, 0.2) is 36.4 Å². The van der Waals surface area contributed by atoms with Gasteiger partial charge in [0.15, 0.2) is 0 Å². The molecule has 0 radical (unpaired) electrons. The van der Waals surface area contributed by atoms with E-state index in [0.29, 0.717) is 10.3 Å². The summed E-state index contributed by atoms with van der Waals surface area (Å²) < 4.78 is 0. The van der Waals surface area contributed by atoms with E-state index >= 15 is 0 Å². The summed E-state index contributed by atoms with van der Waals surface area (Å²) in [6, 6.07) is 14.8. The van der Waals surface area contributed by atoms with Crippen molar-refractivity contribution in [2.24, 2.45) is 35.5 Å². The predicted molar refractivity (Wildman–Crippen MR) is 175 cm³/mol. The van der Waals surface area contributed by atoms with E-state index in [1.165, 1.54) is 22.4 Å². The molecular formula is C38H51N2P.